The molecule has 1 heterocycles. The van der Waals surface area contributed by atoms with E-state index < -0.39 is 5.91 Å². The van der Waals surface area contributed by atoms with E-state index in [2.05, 4.69) is 45.4 Å². The van der Waals surface area contributed by atoms with E-state index in [0.717, 1.165) is 51.5 Å². The summed E-state index contributed by atoms with van der Waals surface area (Å²) >= 11 is 0. The van der Waals surface area contributed by atoms with Gasteiger partial charge in [0.25, 0.3) is 5.91 Å². The van der Waals surface area contributed by atoms with Gasteiger partial charge in [-0.3, -0.25) is 14.6 Å². The van der Waals surface area contributed by atoms with Gasteiger partial charge in [0, 0.05) is 51.5 Å². The van der Waals surface area contributed by atoms with Crippen molar-refractivity contribution in [1.82, 2.24) is 9.80 Å². The molecule has 0 saturated carbocycles. The van der Waals surface area contributed by atoms with Crippen LogP contribution in [0.25, 0.3) is 0 Å². The van der Waals surface area contributed by atoms with Gasteiger partial charge in [0.05, 0.1) is 5.56 Å². The third-order valence-electron chi connectivity index (χ3n) is 4.65. The van der Waals surface area contributed by atoms with Crippen LogP contribution in [0.2, 0.25) is 0 Å². The van der Waals surface area contributed by atoms with Gasteiger partial charge in [0.15, 0.2) is 0 Å². The Labute approximate surface area is 185 Å². The Morgan fingerprint density at radius 1 is 0.857 bits per heavy atom. The molecule has 2 aromatic rings. The summed E-state index contributed by atoms with van der Waals surface area (Å²) in [4.78, 5) is 16.4. The molecule has 2 aromatic carbocycles. The van der Waals surface area contributed by atoms with Crippen molar-refractivity contribution in [2.45, 2.75) is 6.54 Å². The molecular weight excluding hydrogens is 419 g/mol. The summed E-state index contributed by atoms with van der Waals surface area (Å²) in [5.74, 6) is -0.391. The molecule has 0 aliphatic carbocycles. The Morgan fingerprint density at radius 3 is 2.07 bits per heavy atom. The number of benzene rings is 2. The van der Waals surface area contributed by atoms with Crippen LogP contribution in [0.5, 0.6) is 0 Å². The molecule has 0 bridgehead atoms. The number of anilines is 1. The fourth-order valence-corrected chi connectivity index (χ4v) is 3.21. The number of piperazine rings is 1. The van der Waals surface area contributed by atoms with Crippen LogP contribution in [0.1, 0.15) is 15.9 Å². The number of rotatable bonds is 7. The minimum Gasteiger partial charge on any atom is -0.383 e. The van der Waals surface area contributed by atoms with Crippen molar-refractivity contribution in [3.63, 3.8) is 0 Å². The van der Waals surface area contributed by atoms with Gasteiger partial charge >= 0.3 is 0 Å². The van der Waals surface area contributed by atoms with E-state index in [-0.39, 0.29) is 37.2 Å². The monoisotopic (exact) mass is 446 g/mol. The lowest BCUT2D eigenvalue weighted by Gasteiger charge is -2.34. The van der Waals surface area contributed by atoms with Crippen molar-refractivity contribution in [2.75, 3.05) is 44.6 Å². The zero-order valence-corrected chi connectivity index (χ0v) is 18.2. The third kappa shape index (κ3) is 7.86. The summed E-state index contributed by atoms with van der Waals surface area (Å²) in [7, 11) is 0. The molecule has 0 atom stereocenters. The summed E-state index contributed by atoms with van der Waals surface area (Å²) < 4.78 is 0. The van der Waals surface area contributed by atoms with Gasteiger partial charge in [-0.1, -0.05) is 42.5 Å². The number of carbonyl (C=O) groups is 1. The van der Waals surface area contributed by atoms with Crippen molar-refractivity contribution < 1.29 is 4.79 Å². The lowest BCUT2D eigenvalue weighted by atomic mass is 10.1. The standard InChI is InChI=1S/C20H26N4O.3ClH/c21-20(25)18-8-4-5-9-19(18)22-10-11-23-12-14-24(15-13-23)16-17-6-2-1-3-7-17;;;/h1-9,22H,10-16H2,(H2,21,25);3*1H. The average Bonchev–Trinajstić information content (AvgIpc) is 2.64. The van der Waals surface area contributed by atoms with Gasteiger partial charge in [-0.15, -0.1) is 37.2 Å². The van der Waals surface area contributed by atoms with Crippen molar-refractivity contribution >= 4 is 48.8 Å². The molecule has 0 spiro atoms. The van der Waals surface area contributed by atoms with Crippen molar-refractivity contribution in [1.29, 1.82) is 0 Å². The normalized spacial score (nSPS) is 14.1. The summed E-state index contributed by atoms with van der Waals surface area (Å²) in [6.45, 7) is 7.13. The quantitative estimate of drug-likeness (QED) is 0.684. The zero-order chi connectivity index (χ0) is 17.5. The Kier molecular flexibility index (Phi) is 12.9. The number of primary amides is 1. The first-order valence-electron chi connectivity index (χ1n) is 8.84. The van der Waals surface area contributed by atoms with Crippen LogP contribution in [0.4, 0.5) is 5.69 Å². The molecular formula is C20H29Cl3N4O. The summed E-state index contributed by atoms with van der Waals surface area (Å²) in [5.41, 5.74) is 8.16. The smallest absolute Gasteiger partial charge is 0.250 e. The molecule has 0 unspecified atom stereocenters. The van der Waals surface area contributed by atoms with Crippen molar-refractivity contribution in [3.8, 4) is 0 Å². The molecule has 1 fully saturated rings. The highest BCUT2D eigenvalue weighted by Gasteiger charge is 2.16. The lowest BCUT2D eigenvalue weighted by Crippen LogP contribution is -2.47. The topological polar surface area (TPSA) is 61.6 Å². The Bertz CT molecular complexity index is 695. The number of nitrogens with zero attached hydrogens (tertiary/aromatic N) is 2. The van der Waals surface area contributed by atoms with Crippen LogP contribution >= 0.6 is 37.2 Å². The second kappa shape index (κ2) is 13.6. The molecule has 1 saturated heterocycles. The number of nitrogens with one attached hydrogen (secondary N) is 1. The van der Waals surface area contributed by atoms with E-state index in [9.17, 15) is 4.79 Å². The molecule has 0 aromatic heterocycles. The van der Waals surface area contributed by atoms with Crippen LogP contribution in [0.15, 0.2) is 54.6 Å². The van der Waals surface area contributed by atoms with Gasteiger partial charge in [0.1, 0.15) is 0 Å². The second-order valence-corrected chi connectivity index (χ2v) is 6.44. The average molecular weight is 448 g/mol. The van der Waals surface area contributed by atoms with Gasteiger partial charge < -0.3 is 11.1 Å². The van der Waals surface area contributed by atoms with Gasteiger partial charge in [-0.2, -0.15) is 0 Å². The molecule has 156 valence electrons. The minimum absolute atomic E-state index is 0. The molecule has 1 amide bonds. The molecule has 1 aliphatic rings. The molecule has 1 aliphatic heterocycles. The van der Waals surface area contributed by atoms with Gasteiger partial charge in [-0.05, 0) is 17.7 Å². The first kappa shape index (κ1) is 26.5. The van der Waals surface area contributed by atoms with Crippen LogP contribution in [-0.4, -0.2) is 55.0 Å². The molecule has 5 nitrogen and oxygen atoms in total. The number of nitrogens with two attached hydrogens (primary N) is 1. The number of halogens is 3. The van der Waals surface area contributed by atoms with Gasteiger partial charge in [0.2, 0.25) is 0 Å². The van der Waals surface area contributed by atoms with E-state index in [1.165, 1.54) is 5.56 Å². The molecule has 0 radical (unpaired) electrons. The van der Waals surface area contributed by atoms with E-state index >= 15 is 0 Å². The predicted octanol–water partition coefficient (Wildman–Crippen LogP) is 3.28. The highest BCUT2D eigenvalue weighted by Crippen LogP contribution is 2.14. The molecule has 28 heavy (non-hydrogen) atoms. The van der Waals surface area contributed by atoms with Crippen molar-refractivity contribution in [2.24, 2.45) is 5.73 Å². The van der Waals surface area contributed by atoms with Crippen LogP contribution in [0.3, 0.4) is 0 Å². The Hall–Kier alpha value is -1.50. The first-order valence-corrected chi connectivity index (χ1v) is 8.84. The van der Waals surface area contributed by atoms with E-state index in [4.69, 9.17) is 5.73 Å². The fourth-order valence-electron chi connectivity index (χ4n) is 3.21. The lowest BCUT2D eigenvalue weighted by molar-refractivity contribution is 0.100. The largest absolute Gasteiger partial charge is 0.383 e. The second-order valence-electron chi connectivity index (χ2n) is 6.44. The highest BCUT2D eigenvalue weighted by atomic mass is 35.5. The van der Waals surface area contributed by atoms with E-state index in [1.54, 1.807) is 6.07 Å². The maximum atomic E-state index is 11.4. The zero-order valence-electron chi connectivity index (χ0n) is 15.8. The first-order chi connectivity index (χ1) is 12.2. The molecule has 3 N–H and O–H groups in total. The Balaban J connectivity index is 0.00000243. The third-order valence-corrected chi connectivity index (χ3v) is 4.65. The summed E-state index contributed by atoms with van der Waals surface area (Å²) in [6, 6.07) is 18.0. The summed E-state index contributed by atoms with van der Waals surface area (Å²) in [5, 5.41) is 3.34. The molecule has 3 rings (SSSR count). The fraction of sp³-hybridized carbons (Fsp3) is 0.350. The van der Waals surface area contributed by atoms with E-state index in [0.29, 0.717) is 5.56 Å². The number of carbonyl (C=O) groups excluding carboxylic acids is 1. The van der Waals surface area contributed by atoms with E-state index in [1.807, 2.05) is 18.2 Å². The summed E-state index contributed by atoms with van der Waals surface area (Å²) in [6.07, 6.45) is 0. The number of hydrogen-bond donors (Lipinski definition) is 2. The number of amides is 1. The predicted molar refractivity (Wildman–Crippen MR) is 123 cm³/mol. The van der Waals surface area contributed by atoms with Crippen molar-refractivity contribution in [3.05, 3.63) is 65.7 Å². The van der Waals surface area contributed by atoms with Crippen LogP contribution in [-0.2, 0) is 6.54 Å². The maximum absolute atomic E-state index is 11.4. The number of hydrogen-bond acceptors (Lipinski definition) is 4. The minimum atomic E-state index is -0.391. The number of para-hydroxylation sites is 1. The van der Waals surface area contributed by atoms with Crippen LogP contribution < -0.4 is 11.1 Å². The highest BCUT2D eigenvalue weighted by molar-refractivity contribution is 5.98. The Morgan fingerprint density at radius 2 is 1.43 bits per heavy atom. The molecule has 8 heteroatoms. The van der Waals surface area contributed by atoms with Gasteiger partial charge in [-0.25, -0.2) is 0 Å². The van der Waals surface area contributed by atoms with Crippen LogP contribution in [0, 0.1) is 0 Å². The maximum Gasteiger partial charge on any atom is 0.250 e. The SMILES string of the molecule is Cl.Cl.Cl.NC(=O)c1ccccc1NCCN1CCN(Cc2ccccc2)CC1.